The lowest BCUT2D eigenvalue weighted by Gasteiger charge is -2.26. The minimum atomic E-state index is 0.670. The number of fused-ring (bicyclic) bond motifs is 3. The summed E-state index contributed by atoms with van der Waals surface area (Å²) in [6.07, 6.45) is 17.0. The van der Waals surface area contributed by atoms with Gasteiger partial charge in [0.15, 0.2) is 5.82 Å². The van der Waals surface area contributed by atoms with Crippen molar-refractivity contribution in [2.45, 2.75) is 16.2 Å². The molecule has 0 aliphatic carbocycles. The molecule has 0 bridgehead atoms. The van der Waals surface area contributed by atoms with E-state index in [9.17, 15) is 0 Å². The van der Waals surface area contributed by atoms with Gasteiger partial charge in [-0.05, 0) is 81.6 Å². The van der Waals surface area contributed by atoms with Gasteiger partial charge in [0.1, 0.15) is 12.7 Å². The van der Waals surface area contributed by atoms with Crippen LogP contribution in [0.5, 0.6) is 0 Å². The van der Waals surface area contributed by atoms with Crippen LogP contribution in [0.15, 0.2) is 138 Å². The molecule has 0 N–H and O–H groups in total. The number of hydrogen-bond donors (Lipinski definition) is 0. The predicted molar refractivity (Wildman–Crippen MR) is 174 cm³/mol. The monoisotopic (exact) mass is 560 g/mol. The Kier molecular flexibility index (Phi) is 7.08. The molecular weight excluding hydrogens is 533 g/mol. The van der Waals surface area contributed by atoms with E-state index in [1.165, 1.54) is 60.8 Å². The van der Waals surface area contributed by atoms with Crippen LogP contribution in [0.1, 0.15) is 16.7 Å². The summed E-state index contributed by atoms with van der Waals surface area (Å²) in [7, 11) is 0. The van der Waals surface area contributed by atoms with Crippen LogP contribution < -0.4 is 15.3 Å². The molecule has 0 saturated heterocycles. The lowest BCUT2D eigenvalue weighted by molar-refractivity contribution is 1.05. The maximum Gasteiger partial charge on any atom is 0.162 e. The number of anilines is 2. The normalized spacial score (nSPS) is 16.3. The van der Waals surface area contributed by atoms with Gasteiger partial charge < -0.3 is 4.90 Å². The summed E-state index contributed by atoms with van der Waals surface area (Å²) >= 11 is 1.83. The first-order chi connectivity index (χ1) is 20.8. The van der Waals surface area contributed by atoms with E-state index >= 15 is 0 Å². The Hall–Kier alpha value is -5.00. The van der Waals surface area contributed by atoms with Gasteiger partial charge >= 0.3 is 0 Å². The molecule has 2 aliphatic rings. The van der Waals surface area contributed by atoms with Crippen molar-refractivity contribution in [3.8, 4) is 11.4 Å². The number of aromatic nitrogens is 3. The Morgan fingerprint density at radius 2 is 1.71 bits per heavy atom. The fourth-order valence-corrected chi connectivity index (χ4v) is 6.60. The van der Waals surface area contributed by atoms with Gasteiger partial charge in [0.25, 0.3) is 0 Å². The molecule has 3 heterocycles. The first-order valence-corrected chi connectivity index (χ1v) is 14.8. The fraction of sp³-hybridized carbons (Fsp3) is 0.0541. The van der Waals surface area contributed by atoms with Crippen molar-refractivity contribution >= 4 is 40.9 Å². The second kappa shape index (κ2) is 11.5. The molecule has 5 aromatic rings. The first kappa shape index (κ1) is 25.9. The van der Waals surface area contributed by atoms with Crippen LogP contribution in [0.25, 0.3) is 29.1 Å². The average molecular weight is 561 g/mol. The van der Waals surface area contributed by atoms with E-state index in [2.05, 4.69) is 136 Å². The summed E-state index contributed by atoms with van der Waals surface area (Å²) in [5, 5.41) is 2.46. The Morgan fingerprint density at radius 3 is 2.62 bits per heavy atom. The largest absolute Gasteiger partial charge is 0.337 e. The number of benzene rings is 4. The van der Waals surface area contributed by atoms with E-state index in [0.29, 0.717) is 5.82 Å². The third kappa shape index (κ3) is 5.11. The van der Waals surface area contributed by atoms with Gasteiger partial charge in [-0.25, -0.2) is 15.0 Å². The van der Waals surface area contributed by atoms with Gasteiger partial charge in [-0.3, -0.25) is 0 Å². The Bertz CT molecular complexity index is 1990. The average Bonchev–Trinajstić information content (AvgIpc) is 3.14. The molecule has 4 nitrogen and oxygen atoms in total. The molecule has 2 aliphatic heterocycles. The van der Waals surface area contributed by atoms with Gasteiger partial charge in [0, 0.05) is 33.3 Å². The smallest absolute Gasteiger partial charge is 0.162 e. The molecule has 0 spiro atoms. The van der Waals surface area contributed by atoms with Gasteiger partial charge in [-0.2, -0.15) is 0 Å². The fourth-order valence-electron chi connectivity index (χ4n) is 5.56. The molecule has 42 heavy (non-hydrogen) atoms. The Labute approximate surface area is 249 Å². The summed E-state index contributed by atoms with van der Waals surface area (Å²) in [6.45, 7) is 4.64. The SMILES string of the molecule is C=C/C=c1/cccc2c1=Cc1cc(C3=C/Cc4ccccc4N(c4cccc(-c5ncncn5)c4)C/C=C\3)ccc1S2. The molecule has 0 saturated carbocycles. The minimum absolute atomic E-state index is 0.670. The summed E-state index contributed by atoms with van der Waals surface area (Å²) < 4.78 is 0. The summed E-state index contributed by atoms with van der Waals surface area (Å²) in [5.74, 6) is 0.670. The second-order valence-electron chi connectivity index (χ2n) is 10.2. The first-order valence-electron chi connectivity index (χ1n) is 14.0. The van der Waals surface area contributed by atoms with Crippen LogP contribution in [-0.2, 0) is 6.42 Å². The molecule has 202 valence electrons. The standard InChI is InChI=1S/C37H28N4S/c1-2-8-27-10-6-15-36-33(27)23-31-21-29(18-19-35(31)42-36)26-12-7-20-41(34-14-4-3-9-28(34)17-16-26)32-13-5-11-30(22-32)37-39-24-38-25-40-37/h2-16,18-19,21-25H,1,17,20H2/b12-7-,26-16+,27-8-. The Balaban J connectivity index is 1.26. The molecular formula is C37H28N4S. The molecule has 0 unspecified atom stereocenters. The van der Waals surface area contributed by atoms with Crippen molar-refractivity contribution in [3.05, 3.63) is 156 Å². The zero-order chi connectivity index (χ0) is 28.3. The lowest BCUT2D eigenvalue weighted by Crippen LogP contribution is -2.27. The third-order valence-corrected chi connectivity index (χ3v) is 8.75. The maximum atomic E-state index is 4.36. The topological polar surface area (TPSA) is 41.9 Å². The van der Waals surface area contributed by atoms with E-state index in [1.807, 2.05) is 23.9 Å². The molecule has 5 heteroatoms. The molecule has 1 aromatic heterocycles. The number of nitrogens with zero attached hydrogens (tertiary/aromatic N) is 4. The molecule has 0 atom stereocenters. The molecule has 0 fully saturated rings. The highest BCUT2D eigenvalue weighted by atomic mass is 32.2. The number of rotatable bonds is 4. The summed E-state index contributed by atoms with van der Waals surface area (Å²) in [4.78, 5) is 17.6. The number of hydrogen-bond acceptors (Lipinski definition) is 5. The Morgan fingerprint density at radius 1 is 0.833 bits per heavy atom. The van der Waals surface area contributed by atoms with Gasteiger partial charge in [-0.15, -0.1) is 0 Å². The number of allylic oxidation sites excluding steroid dienone is 4. The van der Waals surface area contributed by atoms with Crippen LogP contribution in [0.2, 0.25) is 0 Å². The highest BCUT2D eigenvalue weighted by Crippen LogP contribution is 2.36. The van der Waals surface area contributed by atoms with Crippen LogP contribution in [-0.4, -0.2) is 21.5 Å². The molecule has 0 amide bonds. The van der Waals surface area contributed by atoms with Gasteiger partial charge in [0.05, 0.1) is 0 Å². The molecule has 4 aromatic carbocycles. The van der Waals surface area contributed by atoms with E-state index in [4.69, 9.17) is 0 Å². The van der Waals surface area contributed by atoms with Crippen molar-refractivity contribution in [2.75, 3.05) is 11.4 Å². The summed E-state index contributed by atoms with van der Waals surface area (Å²) in [5.41, 5.74) is 8.24. The molecule has 7 rings (SSSR count). The van der Waals surface area contributed by atoms with Crippen LogP contribution in [0.3, 0.4) is 0 Å². The quantitative estimate of drug-likeness (QED) is 0.229. The molecule has 0 radical (unpaired) electrons. The highest BCUT2D eigenvalue weighted by Gasteiger charge is 2.16. The third-order valence-electron chi connectivity index (χ3n) is 7.58. The van der Waals surface area contributed by atoms with E-state index in [1.54, 1.807) is 0 Å². The van der Waals surface area contributed by atoms with Gasteiger partial charge in [0.2, 0.25) is 0 Å². The van der Waals surface area contributed by atoms with Crippen LogP contribution in [0, 0.1) is 0 Å². The zero-order valence-electron chi connectivity index (χ0n) is 23.0. The predicted octanol–water partition coefficient (Wildman–Crippen LogP) is 7.13. The van der Waals surface area contributed by atoms with E-state index in [-0.39, 0.29) is 0 Å². The maximum absolute atomic E-state index is 4.36. The zero-order valence-corrected chi connectivity index (χ0v) is 23.8. The van der Waals surface area contributed by atoms with Crippen molar-refractivity contribution in [3.63, 3.8) is 0 Å². The van der Waals surface area contributed by atoms with Crippen molar-refractivity contribution in [2.24, 2.45) is 0 Å². The minimum Gasteiger partial charge on any atom is -0.337 e. The number of para-hydroxylation sites is 1. The van der Waals surface area contributed by atoms with E-state index in [0.717, 1.165) is 24.2 Å². The second-order valence-corrected chi connectivity index (χ2v) is 11.3. The van der Waals surface area contributed by atoms with Gasteiger partial charge in [-0.1, -0.05) is 97.3 Å². The summed E-state index contributed by atoms with van der Waals surface area (Å²) in [6, 6.07) is 30.4. The highest BCUT2D eigenvalue weighted by molar-refractivity contribution is 7.99. The van der Waals surface area contributed by atoms with Crippen LogP contribution in [0.4, 0.5) is 11.4 Å². The van der Waals surface area contributed by atoms with Crippen molar-refractivity contribution < 1.29 is 0 Å². The van der Waals surface area contributed by atoms with Crippen molar-refractivity contribution in [1.82, 2.24) is 15.0 Å². The lowest BCUT2D eigenvalue weighted by atomic mass is 9.99. The van der Waals surface area contributed by atoms with Crippen LogP contribution >= 0.6 is 11.8 Å². The van der Waals surface area contributed by atoms with Crippen molar-refractivity contribution in [1.29, 1.82) is 0 Å². The van der Waals surface area contributed by atoms with E-state index < -0.39 is 0 Å².